The van der Waals surface area contributed by atoms with Crippen molar-refractivity contribution in [2.45, 2.75) is 20.0 Å². The first-order chi connectivity index (χ1) is 9.19. The molecule has 0 aromatic carbocycles. The highest BCUT2D eigenvalue weighted by Crippen LogP contribution is 2.22. The Hall–Kier alpha value is -0.980. The van der Waals surface area contributed by atoms with Crippen LogP contribution in [0.1, 0.15) is 18.2 Å². The van der Waals surface area contributed by atoms with Crippen LogP contribution in [0.3, 0.4) is 0 Å². The maximum atomic E-state index is 4.26. The van der Waals surface area contributed by atoms with Gasteiger partial charge in [-0.1, -0.05) is 6.92 Å². The van der Waals surface area contributed by atoms with Gasteiger partial charge in [-0.2, -0.15) is 5.10 Å². The van der Waals surface area contributed by atoms with Crippen LogP contribution in [-0.2, 0) is 13.1 Å². The summed E-state index contributed by atoms with van der Waals surface area (Å²) in [6, 6.07) is 6.17. The van der Waals surface area contributed by atoms with E-state index in [2.05, 4.69) is 54.7 Å². The first-order valence-corrected chi connectivity index (χ1v) is 7.83. The van der Waals surface area contributed by atoms with Crippen molar-refractivity contribution in [2.75, 3.05) is 18.5 Å². The van der Waals surface area contributed by atoms with Crippen molar-refractivity contribution in [3.63, 3.8) is 0 Å². The van der Waals surface area contributed by atoms with Crippen LogP contribution in [-0.4, -0.2) is 23.8 Å². The topological polar surface area (TPSA) is 41.0 Å². The zero-order chi connectivity index (χ0) is 13.7. The minimum absolute atomic E-state index is 0.769. The molecular weight excluding hydrogens is 324 g/mol. The zero-order valence-corrected chi connectivity index (χ0v) is 13.5. The fourth-order valence-electron chi connectivity index (χ4n) is 1.69. The molecule has 19 heavy (non-hydrogen) atoms. The molecule has 0 aliphatic rings. The van der Waals surface area contributed by atoms with Crippen LogP contribution in [0.4, 0.5) is 5.82 Å². The number of aromatic nitrogens is 2. The number of nitrogens with one attached hydrogen (secondary N) is 1. The molecule has 2 aromatic heterocycles. The molecule has 2 aromatic rings. The van der Waals surface area contributed by atoms with Crippen LogP contribution >= 0.6 is 27.3 Å². The summed E-state index contributed by atoms with van der Waals surface area (Å²) < 4.78 is 1.16. The van der Waals surface area contributed by atoms with E-state index in [1.807, 2.05) is 19.2 Å². The molecule has 0 aliphatic carbocycles. The molecule has 0 unspecified atom stereocenters. The van der Waals surface area contributed by atoms with Crippen molar-refractivity contribution >= 4 is 33.1 Å². The number of anilines is 1. The van der Waals surface area contributed by atoms with E-state index in [1.165, 1.54) is 5.56 Å². The van der Waals surface area contributed by atoms with Gasteiger partial charge in [0.15, 0.2) is 5.82 Å². The molecular formula is C13H17BrN4S. The van der Waals surface area contributed by atoms with Crippen molar-refractivity contribution in [3.05, 3.63) is 38.6 Å². The lowest BCUT2D eigenvalue weighted by Crippen LogP contribution is -2.19. The van der Waals surface area contributed by atoms with Crippen LogP contribution in [0, 0.1) is 0 Å². The van der Waals surface area contributed by atoms with Gasteiger partial charge in [0.2, 0.25) is 0 Å². The van der Waals surface area contributed by atoms with E-state index in [0.29, 0.717) is 0 Å². The molecule has 0 spiro atoms. The molecule has 0 saturated carbocycles. The molecule has 2 rings (SSSR count). The van der Waals surface area contributed by atoms with E-state index < -0.39 is 0 Å². The number of thiophene rings is 1. The molecule has 102 valence electrons. The Morgan fingerprint density at radius 2 is 2.21 bits per heavy atom. The first-order valence-electron chi connectivity index (χ1n) is 6.16. The second-order valence-corrected chi connectivity index (χ2v) is 6.57. The quantitative estimate of drug-likeness (QED) is 0.877. The predicted molar refractivity (Wildman–Crippen MR) is 83.5 cm³/mol. The van der Waals surface area contributed by atoms with Crippen molar-refractivity contribution < 1.29 is 0 Å². The summed E-state index contributed by atoms with van der Waals surface area (Å²) in [6.45, 7) is 4.62. The van der Waals surface area contributed by atoms with E-state index in [9.17, 15) is 0 Å². The van der Waals surface area contributed by atoms with Crippen molar-refractivity contribution in [2.24, 2.45) is 0 Å². The van der Waals surface area contributed by atoms with Crippen LogP contribution in [0.5, 0.6) is 0 Å². The average Bonchev–Trinajstić information content (AvgIpc) is 2.82. The van der Waals surface area contributed by atoms with E-state index in [4.69, 9.17) is 0 Å². The number of hydrogen-bond donors (Lipinski definition) is 1. The fraction of sp³-hybridized carbons (Fsp3) is 0.385. The van der Waals surface area contributed by atoms with Gasteiger partial charge in [-0.05, 0) is 51.6 Å². The third kappa shape index (κ3) is 4.26. The summed E-state index contributed by atoms with van der Waals surface area (Å²) >= 11 is 5.18. The monoisotopic (exact) mass is 340 g/mol. The largest absolute Gasteiger partial charge is 0.354 e. The van der Waals surface area contributed by atoms with Crippen LogP contribution < -0.4 is 10.2 Å². The van der Waals surface area contributed by atoms with Gasteiger partial charge in [0, 0.05) is 20.1 Å². The van der Waals surface area contributed by atoms with Crippen LogP contribution in [0.25, 0.3) is 0 Å². The summed E-state index contributed by atoms with van der Waals surface area (Å²) in [4.78, 5) is 2.10. The molecule has 1 N–H and O–H groups in total. The van der Waals surface area contributed by atoms with Gasteiger partial charge in [-0.15, -0.1) is 16.4 Å². The molecule has 0 atom stereocenters. The van der Waals surface area contributed by atoms with Crippen molar-refractivity contribution in [1.29, 1.82) is 0 Å². The second kappa shape index (κ2) is 6.98. The van der Waals surface area contributed by atoms with E-state index in [1.54, 1.807) is 11.3 Å². The smallest absolute Gasteiger partial charge is 0.151 e. The number of nitrogens with zero attached hydrogens (tertiary/aromatic N) is 3. The summed E-state index contributed by atoms with van der Waals surface area (Å²) in [5, 5.41) is 13.9. The van der Waals surface area contributed by atoms with Gasteiger partial charge in [0.05, 0.1) is 9.48 Å². The molecule has 0 fully saturated rings. The maximum Gasteiger partial charge on any atom is 0.151 e. The second-order valence-electron chi connectivity index (χ2n) is 4.28. The normalized spacial score (nSPS) is 10.7. The average molecular weight is 341 g/mol. The van der Waals surface area contributed by atoms with Gasteiger partial charge in [0.25, 0.3) is 0 Å². The lowest BCUT2D eigenvalue weighted by molar-refractivity contribution is 0.696. The van der Waals surface area contributed by atoms with E-state index in [-0.39, 0.29) is 0 Å². The number of rotatable bonds is 6. The molecule has 0 bridgehead atoms. The lowest BCUT2D eigenvalue weighted by atomic mass is 10.3. The fourth-order valence-corrected chi connectivity index (χ4v) is 2.89. The highest BCUT2D eigenvalue weighted by atomic mass is 79.9. The van der Waals surface area contributed by atoms with Crippen LogP contribution in [0.15, 0.2) is 27.4 Å². The summed E-state index contributed by atoms with van der Waals surface area (Å²) in [6.07, 6.45) is 0. The minimum Gasteiger partial charge on any atom is -0.354 e. The minimum atomic E-state index is 0.769. The Kier molecular flexibility index (Phi) is 5.30. The Morgan fingerprint density at radius 3 is 2.79 bits per heavy atom. The molecule has 6 heteroatoms. The molecule has 2 heterocycles. The molecule has 4 nitrogen and oxygen atoms in total. The Balaban J connectivity index is 1.97. The van der Waals surface area contributed by atoms with Gasteiger partial charge in [0.1, 0.15) is 0 Å². The van der Waals surface area contributed by atoms with Crippen molar-refractivity contribution in [1.82, 2.24) is 15.5 Å². The molecule has 0 amide bonds. The summed E-state index contributed by atoms with van der Waals surface area (Å²) in [5.41, 5.74) is 2.25. The number of halogens is 1. The highest BCUT2D eigenvalue weighted by Gasteiger charge is 2.06. The van der Waals surface area contributed by atoms with Gasteiger partial charge in [-0.25, -0.2) is 0 Å². The van der Waals surface area contributed by atoms with Crippen molar-refractivity contribution in [3.8, 4) is 0 Å². The van der Waals surface area contributed by atoms with Gasteiger partial charge >= 0.3 is 0 Å². The standard InChI is InChI=1S/C13H17BrN4S/c1-3-15-7-11-4-5-13(17-16-11)18(2)8-10-6-12(14)19-9-10/h4-6,9,15H,3,7-8H2,1-2H3. The first kappa shape index (κ1) is 14.4. The predicted octanol–water partition coefficient (Wildman–Crippen LogP) is 3.05. The zero-order valence-electron chi connectivity index (χ0n) is 11.1. The van der Waals surface area contributed by atoms with Gasteiger partial charge in [-0.3, -0.25) is 0 Å². The Bertz CT molecular complexity index is 512. The van der Waals surface area contributed by atoms with E-state index in [0.717, 1.165) is 34.9 Å². The molecule has 0 radical (unpaired) electrons. The summed E-state index contributed by atoms with van der Waals surface area (Å²) in [7, 11) is 2.03. The van der Waals surface area contributed by atoms with Crippen LogP contribution in [0.2, 0.25) is 0 Å². The number of hydrogen-bond acceptors (Lipinski definition) is 5. The molecule has 0 saturated heterocycles. The van der Waals surface area contributed by atoms with E-state index >= 15 is 0 Å². The lowest BCUT2D eigenvalue weighted by Gasteiger charge is -2.16. The third-order valence-electron chi connectivity index (χ3n) is 2.69. The molecule has 0 aliphatic heterocycles. The van der Waals surface area contributed by atoms with Gasteiger partial charge < -0.3 is 10.2 Å². The Morgan fingerprint density at radius 1 is 1.37 bits per heavy atom. The Labute approximate surface area is 126 Å². The highest BCUT2D eigenvalue weighted by molar-refractivity contribution is 9.11. The maximum absolute atomic E-state index is 4.26. The third-order valence-corrected chi connectivity index (χ3v) is 4.25. The SMILES string of the molecule is CCNCc1ccc(N(C)Cc2csc(Br)c2)nn1. The summed E-state index contributed by atoms with van der Waals surface area (Å²) in [5.74, 6) is 0.891.